The highest BCUT2D eigenvalue weighted by atomic mass is 32.2. The van der Waals surface area contributed by atoms with Gasteiger partial charge in [-0.3, -0.25) is 15.0 Å². The minimum atomic E-state index is -1.41. The number of non-ortho nitro benzene ring substituents is 1. The third-order valence-electron chi connectivity index (χ3n) is 5.03. The lowest BCUT2D eigenvalue weighted by atomic mass is 10.2. The molecule has 1 aliphatic rings. The fraction of sp³-hybridized carbons (Fsp3) is 0.333. The van der Waals surface area contributed by atoms with Gasteiger partial charge < -0.3 is 14.6 Å². The van der Waals surface area contributed by atoms with Crippen molar-refractivity contribution in [2.75, 3.05) is 13.7 Å². The van der Waals surface area contributed by atoms with E-state index in [2.05, 4.69) is 0 Å². The molecule has 9 nitrogen and oxygen atoms in total. The topological polar surface area (TPSA) is 119 Å². The number of likely N-dealkylation sites (tertiary alicyclic amines) is 1. The first kappa shape index (κ1) is 22.4. The number of benzene rings is 2. The highest BCUT2D eigenvalue weighted by Crippen LogP contribution is 2.42. The number of carboxylic acid groups (broad SMARTS) is 1. The molecule has 164 valence electrons. The Kier molecular flexibility index (Phi) is 7.01. The monoisotopic (exact) mass is 446 g/mol. The van der Waals surface area contributed by atoms with Crippen LogP contribution < -0.4 is 4.74 Å². The van der Waals surface area contributed by atoms with E-state index >= 15 is 0 Å². The molecule has 0 radical (unpaired) electrons. The number of ether oxygens (including phenoxy) is 2. The van der Waals surface area contributed by atoms with Crippen LogP contribution in [-0.2, 0) is 21.9 Å². The maximum Gasteiger partial charge on any atom is 0.411 e. The second-order valence-corrected chi connectivity index (χ2v) is 8.21. The third kappa shape index (κ3) is 5.08. The summed E-state index contributed by atoms with van der Waals surface area (Å²) in [7, 11) is 1.57. The Morgan fingerprint density at radius 2 is 1.81 bits per heavy atom. The fourth-order valence-electron chi connectivity index (χ4n) is 3.33. The van der Waals surface area contributed by atoms with E-state index in [4.69, 9.17) is 9.47 Å². The van der Waals surface area contributed by atoms with Crippen LogP contribution >= 0.6 is 11.8 Å². The number of rotatable bonds is 8. The molecule has 0 aliphatic carbocycles. The van der Waals surface area contributed by atoms with Crippen molar-refractivity contribution in [3.8, 4) is 5.75 Å². The number of nitro benzene ring substituents is 1. The average molecular weight is 446 g/mol. The molecule has 0 unspecified atom stereocenters. The van der Waals surface area contributed by atoms with Gasteiger partial charge >= 0.3 is 12.1 Å². The molecule has 1 heterocycles. The van der Waals surface area contributed by atoms with Gasteiger partial charge in [0.05, 0.1) is 12.0 Å². The van der Waals surface area contributed by atoms with Crippen LogP contribution in [0.5, 0.6) is 5.75 Å². The van der Waals surface area contributed by atoms with Crippen LogP contribution in [0, 0.1) is 10.1 Å². The summed E-state index contributed by atoms with van der Waals surface area (Å²) in [5.74, 6) is 0.0254. The number of hydrogen-bond acceptors (Lipinski definition) is 7. The van der Waals surface area contributed by atoms with Crippen LogP contribution in [0.25, 0.3) is 0 Å². The molecule has 1 atom stereocenters. The van der Waals surface area contributed by atoms with Crippen LogP contribution in [-0.4, -0.2) is 45.5 Å². The van der Waals surface area contributed by atoms with Gasteiger partial charge in [-0.1, -0.05) is 12.1 Å². The number of carbonyl (C=O) groups excluding carboxylic acids is 1. The van der Waals surface area contributed by atoms with Crippen LogP contribution in [0.2, 0.25) is 0 Å². The molecule has 0 saturated carbocycles. The zero-order chi connectivity index (χ0) is 22.4. The van der Waals surface area contributed by atoms with E-state index in [1.807, 2.05) is 12.1 Å². The number of carbonyl (C=O) groups is 2. The van der Waals surface area contributed by atoms with Crippen molar-refractivity contribution in [3.63, 3.8) is 0 Å². The molecule has 1 aliphatic heterocycles. The molecule has 0 spiro atoms. The fourth-order valence-corrected chi connectivity index (χ4v) is 4.66. The van der Waals surface area contributed by atoms with E-state index in [0.717, 1.165) is 5.56 Å². The van der Waals surface area contributed by atoms with Gasteiger partial charge in [-0.2, -0.15) is 0 Å². The van der Waals surface area contributed by atoms with Crippen LogP contribution in [0.4, 0.5) is 10.5 Å². The first-order valence-electron chi connectivity index (χ1n) is 9.54. The molecular formula is C21H22N2O7S. The molecule has 1 saturated heterocycles. The van der Waals surface area contributed by atoms with Gasteiger partial charge in [-0.15, -0.1) is 11.8 Å². The Morgan fingerprint density at radius 1 is 1.16 bits per heavy atom. The predicted molar refractivity (Wildman–Crippen MR) is 114 cm³/mol. The minimum Gasteiger partial charge on any atom is -0.497 e. The van der Waals surface area contributed by atoms with E-state index < -0.39 is 21.9 Å². The SMILES string of the molecule is COc1ccc(CS[C@@]2(C(=O)O)CCCN2C(=O)OCc2ccc([N+](=O)[O-])cc2)cc1. The van der Waals surface area contributed by atoms with Crippen LogP contribution in [0.3, 0.4) is 0 Å². The number of thioether (sulfide) groups is 1. The number of nitrogens with zero attached hydrogens (tertiary/aromatic N) is 2. The standard InChI is InChI=1S/C21H22N2O7S/c1-29-18-9-5-16(6-10-18)14-31-21(19(24)25)11-2-12-22(21)20(26)30-13-15-3-7-17(8-4-15)23(27)28/h3-10H,2,11-14H2,1H3,(H,24,25)/t21-/m1/s1. The van der Waals surface area contributed by atoms with Crippen molar-refractivity contribution in [1.82, 2.24) is 4.90 Å². The lowest BCUT2D eigenvalue weighted by Crippen LogP contribution is -2.50. The second-order valence-electron chi connectivity index (χ2n) is 6.96. The van der Waals surface area contributed by atoms with E-state index in [1.165, 1.54) is 40.9 Å². The molecule has 0 bridgehead atoms. The number of aliphatic carboxylic acids is 1. The second kappa shape index (κ2) is 9.69. The average Bonchev–Trinajstić information content (AvgIpc) is 3.22. The van der Waals surface area contributed by atoms with Gasteiger partial charge in [-0.25, -0.2) is 9.59 Å². The Labute approximate surface area is 183 Å². The number of carboxylic acids is 1. The molecule has 10 heteroatoms. The highest BCUT2D eigenvalue weighted by molar-refractivity contribution is 8.00. The first-order chi connectivity index (χ1) is 14.9. The van der Waals surface area contributed by atoms with Gasteiger partial charge in [0.1, 0.15) is 12.4 Å². The van der Waals surface area contributed by atoms with Crippen LogP contribution in [0.1, 0.15) is 24.0 Å². The largest absolute Gasteiger partial charge is 0.497 e. The summed E-state index contributed by atoms with van der Waals surface area (Å²) in [6.45, 7) is 0.174. The van der Waals surface area contributed by atoms with Crippen molar-refractivity contribution < 1.29 is 29.1 Å². The first-order valence-corrected chi connectivity index (χ1v) is 10.5. The summed E-state index contributed by atoms with van der Waals surface area (Å²) in [6.07, 6.45) is 0.144. The van der Waals surface area contributed by atoms with Crippen molar-refractivity contribution in [2.45, 2.75) is 30.1 Å². The maximum absolute atomic E-state index is 12.7. The summed E-state index contributed by atoms with van der Waals surface area (Å²) in [6, 6.07) is 13.0. The molecule has 1 fully saturated rings. The van der Waals surface area contributed by atoms with Crippen molar-refractivity contribution in [3.05, 3.63) is 69.8 Å². The molecule has 3 rings (SSSR count). The third-order valence-corrected chi connectivity index (χ3v) is 6.59. The number of methoxy groups -OCH3 is 1. The Bertz CT molecular complexity index is 949. The summed E-state index contributed by atoms with van der Waals surface area (Å²) in [5.41, 5.74) is 1.43. The molecule has 1 amide bonds. The quantitative estimate of drug-likeness (QED) is 0.476. The van der Waals surface area contributed by atoms with Gasteiger partial charge in [0, 0.05) is 24.4 Å². The lowest BCUT2D eigenvalue weighted by molar-refractivity contribution is -0.384. The highest BCUT2D eigenvalue weighted by Gasteiger charge is 2.51. The lowest BCUT2D eigenvalue weighted by Gasteiger charge is -2.33. The zero-order valence-electron chi connectivity index (χ0n) is 16.9. The van der Waals surface area contributed by atoms with Crippen molar-refractivity contribution >= 4 is 29.5 Å². The number of amides is 1. The Balaban J connectivity index is 1.66. The van der Waals surface area contributed by atoms with E-state index in [1.54, 1.807) is 19.2 Å². The minimum absolute atomic E-state index is 0.0607. The molecular weight excluding hydrogens is 424 g/mol. The smallest absolute Gasteiger partial charge is 0.411 e. The normalized spacial score (nSPS) is 17.9. The number of nitro groups is 1. The predicted octanol–water partition coefficient (Wildman–Crippen LogP) is 4.05. The van der Waals surface area contributed by atoms with Gasteiger partial charge in [0.2, 0.25) is 0 Å². The summed E-state index contributed by atoms with van der Waals surface area (Å²) >= 11 is 1.18. The Hall–Kier alpha value is -3.27. The summed E-state index contributed by atoms with van der Waals surface area (Å²) < 4.78 is 10.5. The maximum atomic E-state index is 12.7. The molecule has 1 N–H and O–H groups in total. The van der Waals surface area contributed by atoms with E-state index in [0.29, 0.717) is 29.9 Å². The van der Waals surface area contributed by atoms with Crippen LogP contribution in [0.15, 0.2) is 48.5 Å². The number of hydrogen-bond donors (Lipinski definition) is 1. The molecule has 2 aromatic rings. The molecule has 2 aromatic carbocycles. The van der Waals surface area contributed by atoms with Crippen molar-refractivity contribution in [2.24, 2.45) is 0 Å². The van der Waals surface area contributed by atoms with E-state index in [9.17, 15) is 24.8 Å². The van der Waals surface area contributed by atoms with Gasteiger partial charge in [-0.05, 0) is 48.2 Å². The summed E-state index contributed by atoms with van der Waals surface area (Å²) in [5, 5.41) is 20.7. The van der Waals surface area contributed by atoms with Gasteiger partial charge in [0.15, 0.2) is 4.87 Å². The molecule has 0 aromatic heterocycles. The van der Waals surface area contributed by atoms with Gasteiger partial charge in [0.25, 0.3) is 5.69 Å². The Morgan fingerprint density at radius 3 is 2.39 bits per heavy atom. The van der Waals surface area contributed by atoms with E-state index in [-0.39, 0.29) is 18.8 Å². The molecule has 31 heavy (non-hydrogen) atoms. The summed E-state index contributed by atoms with van der Waals surface area (Å²) in [4.78, 5) is 35.0. The van der Waals surface area contributed by atoms with Crippen molar-refractivity contribution in [1.29, 1.82) is 0 Å². The zero-order valence-corrected chi connectivity index (χ0v) is 17.7.